The van der Waals surface area contributed by atoms with E-state index in [0.717, 1.165) is 4.90 Å². The first kappa shape index (κ1) is 15.6. The van der Waals surface area contributed by atoms with Gasteiger partial charge in [-0.05, 0) is 45.9 Å². The average molecular weight is 343 g/mol. The van der Waals surface area contributed by atoms with Crippen molar-refractivity contribution < 1.29 is 9.53 Å². The summed E-state index contributed by atoms with van der Waals surface area (Å²) in [6.07, 6.45) is 1.42. The van der Waals surface area contributed by atoms with Gasteiger partial charge >= 0.3 is 0 Å². The van der Waals surface area contributed by atoms with E-state index < -0.39 is 0 Å². The number of rotatable bonds is 5. The van der Waals surface area contributed by atoms with Crippen molar-refractivity contribution in [1.82, 2.24) is 14.8 Å². The van der Waals surface area contributed by atoms with Gasteiger partial charge in [-0.25, -0.2) is 4.98 Å². The van der Waals surface area contributed by atoms with Crippen LogP contribution in [0.5, 0.6) is 5.75 Å². The molecule has 0 unspecified atom stereocenters. The maximum atomic E-state index is 12.5. The number of carbonyl (C=O) groups excluding carboxylic acids is 1. The van der Waals surface area contributed by atoms with Crippen molar-refractivity contribution in [1.29, 1.82) is 0 Å². The second kappa shape index (κ2) is 7.34. The van der Waals surface area contributed by atoms with Crippen LogP contribution in [0.1, 0.15) is 10.4 Å². The fourth-order valence-electron chi connectivity index (χ4n) is 1.89. The van der Waals surface area contributed by atoms with Crippen molar-refractivity contribution in [3.8, 4) is 5.75 Å². The molecule has 0 spiro atoms. The first-order valence-electron chi connectivity index (χ1n) is 6.77. The summed E-state index contributed by atoms with van der Waals surface area (Å²) in [4.78, 5) is 17.7. The Morgan fingerprint density at radius 1 is 1.04 bits per heavy atom. The molecule has 0 saturated carbocycles. The molecule has 3 aromatic rings. The maximum Gasteiger partial charge on any atom is 0.283 e. The summed E-state index contributed by atoms with van der Waals surface area (Å²) in [5, 5.41) is 4.75. The molecule has 0 saturated heterocycles. The summed E-state index contributed by atoms with van der Waals surface area (Å²) in [6, 6.07) is 17.0. The molecule has 0 aliphatic rings. The second-order valence-corrected chi connectivity index (χ2v) is 6.63. The van der Waals surface area contributed by atoms with Crippen LogP contribution in [0.25, 0.3) is 0 Å². The highest BCUT2D eigenvalue weighted by atomic mass is 33.1. The molecule has 0 aliphatic carbocycles. The third-order valence-electron chi connectivity index (χ3n) is 2.97. The minimum Gasteiger partial charge on any atom is -0.496 e. The first-order chi connectivity index (χ1) is 11.3. The zero-order chi connectivity index (χ0) is 16.1. The molecule has 2 aromatic carbocycles. The van der Waals surface area contributed by atoms with E-state index in [1.54, 1.807) is 29.0 Å². The van der Waals surface area contributed by atoms with Crippen molar-refractivity contribution >= 4 is 27.5 Å². The van der Waals surface area contributed by atoms with Crippen LogP contribution in [-0.4, -0.2) is 27.8 Å². The molecule has 1 heterocycles. The van der Waals surface area contributed by atoms with Crippen molar-refractivity contribution in [3.05, 3.63) is 66.5 Å². The van der Waals surface area contributed by atoms with Crippen LogP contribution in [-0.2, 0) is 0 Å². The molecule has 116 valence electrons. The molecule has 23 heavy (non-hydrogen) atoms. The van der Waals surface area contributed by atoms with Crippen LogP contribution in [0.15, 0.2) is 71.0 Å². The number of methoxy groups -OCH3 is 1. The summed E-state index contributed by atoms with van der Waals surface area (Å²) in [5.41, 5.74) is 0.451. The highest BCUT2D eigenvalue weighted by molar-refractivity contribution is 8.76. The van der Waals surface area contributed by atoms with Crippen molar-refractivity contribution in [3.63, 3.8) is 0 Å². The molecule has 0 N–H and O–H groups in total. The largest absolute Gasteiger partial charge is 0.496 e. The lowest BCUT2D eigenvalue weighted by atomic mass is 10.2. The Balaban J connectivity index is 1.72. The fourth-order valence-corrected chi connectivity index (χ4v) is 3.62. The van der Waals surface area contributed by atoms with Crippen molar-refractivity contribution in [2.24, 2.45) is 0 Å². The molecule has 0 radical (unpaired) electrons. The number of ether oxygens (including phenoxy) is 1. The Bertz CT molecular complexity index is 806. The van der Waals surface area contributed by atoms with E-state index in [4.69, 9.17) is 4.74 Å². The fraction of sp³-hybridized carbons (Fsp3) is 0.0625. The van der Waals surface area contributed by atoms with E-state index in [2.05, 4.69) is 10.1 Å². The summed E-state index contributed by atoms with van der Waals surface area (Å²) in [6.45, 7) is 0. The zero-order valence-electron chi connectivity index (χ0n) is 12.2. The quantitative estimate of drug-likeness (QED) is 0.657. The predicted molar refractivity (Wildman–Crippen MR) is 90.9 cm³/mol. The normalized spacial score (nSPS) is 10.5. The van der Waals surface area contributed by atoms with Crippen LogP contribution in [0, 0.1) is 0 Å². The van der Waals surface area contributed by atoms with Gasteiger partial charge in [-0.2, -0.15) is 4.68 Å². The highest BCUT2D eigenvalue weighted by Gasteiger charge is 2.15. The number of carbonyl (C=O) groups is 1. The number of hydrogen-bond acceptors (Lipinski definition) is 6. The number of aromatic nitrogens is 3. The van der Waals surface area contributed by atoms with Gasteiger partial charge in [0.05, 0.1) is 12.7 Å². The van der Waals surface area contributed by atoms with Gasteiger partial charge in [0.2, 0.25) is 5.16 Å². The molecular formula is C16H13N3O2S2. The molecule has 0 bridgehead atoms. The van der Waals surface area contributed by atoms with Gasteiger partial charge in [0, 0.05) is 4.90 Å². The molecule has 0 fully saturated rings. The third kappa shape index (κ3) is 3.75. The van der Waals surface area contributed by atoms with Gasteiger partial charge in [0.1, 0.15) is 12.1 Å². The molecular weight excluding hydrogens is 330 g/mol. The highest BCUT2D eigenvalue weighted by Crippen LogP contribution is 2.34. The number of benzene rings is 2. The van der Waals surface area contributed by atoms with Crippen molar-refractivity contribution in [2.45, 2.75) is 10.1 Å². The molecule has 0 atom stereocenters. The van der Waals surface area contributed by atoms with Crippen molar-refractivity contribution in [2.75, 3.05) is 7.11 Å². The summed E-state index contributed by atoms with van der Waals surface area (Å²) in [5.74, 6) is 0.243. The van der Waals surface area contributed by atoms with Gasteiger partial charge < -0.3 is 4.74 Å². The van der Waals surface area contributed by atoms with Crippen LogP contribution < -0.4 is 4.74 Å². The Labute approximate surface area is 141 Å². The average Bonchev–Trinajstić information content (AvgIpc) is 3.09. The van der Waals surface area contributed by atoms with E-state index in [1.165, 1.54) is 28.9 Å². The summed E-state index contributed by atoms with van der Waals surface area (Å²) < 4.78 is 6.44. The topological polar surface area (TPSA) is 57.0 Å². The predicted octanol–water partition coefficient (Wildman–Crippen LogP) is 3.77. The summed E-state index contributed by atoms with van der Waals surface area (Å²) >= 11 is 0. The number of nitrogens with zero attached hydrogens (tertiary/aromatic N) is 3. The number of para-hydroxylation sites is 1. The smallest absolute Gasteiger partial charge is 0.283 e. The molecule has 1 aromatic heterocycles. The Kier molecular flexibility index (Phi) is 4.99. The Morgan fingerprint density at radius 3 is 2.57 bits per heavy atom. The second-order valence-electron chi connectivity index (χ2n) is 4.46. The van der Waals surface area contributed by atoms with Gasteiger partial charge in [-0.1, -0.05) is 30.3 Å². The lowest BCUT2D eigenvalue weighted by Gasteiger charge is -2.05. The van der Waals surface area contributed by atoms with Gasteiger partial charge in [-0.3, -0.25) is 4.79 Å². The lowest BCUT2D eigenvalue weighted by molar-refractivity contribution is 0.0940. The van der Waals surface area contributed by atoms with E-state index in [1.807, 2.05) is 36.4 Å². The van der Waals surface area contributed by atoms with E-state index in [9.17, 15) is 4.79 Å². The molecule has 0 amide bonds. The first-order valence-corrected chi connectivity index (χ1v) is 8.92. The van der Waals surface area contributed by atoms with Crippen LogP contribution in [0.4, 0.5) is 0 Å². The van der Waals surface area contributed by atoms with E-state index in [-0.39, 0.29) is 5.91 Å². The monoisotopic (exact) mass is 343 g/mol. The SMILES string of the molecule is COc1ccccc1C(=O)n1cnc(SSc2ccccc2)n1. The zero-order valence-corrected chi connectivity index (χ0v) is 13.9. The standard InChI is InChI=1S/C16H13N3O2S2/c1-21-14-10-6-5-9-13(14)15(20)19-11-17-16(18-19)23-22-12-7-3-2-4-8-12/h2-11H,1H3. The lowest BCUT2D eigenvalue weighted by Crippen LogP contribution is -2.13. The van der Waals surface area contributed by atoms with Gasteiger partial charge in [0.25, 0.3) is 5.91 Å². The van der Waals surface area contributed by atoms with Crippen LogP contribution in [0.2, 0.25) is 0 Å². The number of hydrogen-bond donors (Lipinski definition) is 0. The minimum absolute atomic E-state index is 0.272. The Hall–Kier alpha value is -2.25. The van der Waals surface area contributed by atoms with Gasteiger partial charge in [0.15, 0.2) is 0 Å². The molecule has 5 nitrogen and oxygen atoms in total. The molecule has 7 heteroatoms. The van der Waals surface area contributed by atoms with Crippen LogP contribution in [0.3, 0.4) is 0 Å². The minimum atomic E-state index is -0.272. The van der Waals surface area contributed by atoms with Crippen LogP contribution >= 0.6 is 21.6 Å². The van der Waals surface area contributed by atoms with E-state index >= 15 is 0 Å². The Morgan fingerprint density at radius 2 is 1.78 bits per heavy atom. The molecule has 3 rings (SSSR count). The maximum absolute atomic E-state index is 12.5. The molecule has 0 aliphatic heterocycles. The van der Waals surface area contributed by atoms with Gasteiger partial charge in [-0.15, -0.1) is 5.10 Å². The third-order valence-corrected chi connectivity index (χ3v) is 5.13. The summed E-state index contributed by atoms with van der Waals surface area (Å²) in [7, 11) is 4.48. The van der Waals surface area contributed by atoms with E-state index in [0.29, 0.717) is 16.5 Å².